The lowest BCUT2D eigenvalue weighted by Crippen LogP contribution is -2.37. The fourth-order valence-corrected chi connectivity index (χ4v) is 1.29. The molecule has 0 bridgehead atoms. The lowest BCUT2D eigenvalue weighted by atomic mass is 10.0. The molecule has 0 aliphatic heterocycles. The Morgan fingerprint density at radius 1 is 1.06 bits per heavy atom. The van der Waals surface area contributed by atoms with Gasteiger partial charge in [0.25, 0.3) is 0 Å². The van der Waals surface area contributed by atoms with Gasteiger partial charge in [0, 0.05) is 5.02 Å². The van der Waals surface area contributed by atoms with Gasteiger partial charge in [-0.15, -0.1) is 0 Å². The summed E-state index contributed by atoms with van der Waals surface area (Å²) < 4.78 is 60.9. The van der Waals surface area contributed by atoms with Crippen molar-refractivity contribution in [3.63, 3.8) is 0 Å². The van der Waals surface area contributed by atoms with Gasteiger partial charge >= 0.3 is 12.1 Å². The highest BCUT2D eigenvalue weighted by atomic mass is 35.5. The predicted molar refractivity (Wildman–Crippen MR) is 52.0 cm³/mol. The van der Waals surface area contributed by atoms with Crippen molar-refractivity contribution in [1.82, 2.24) is 0 Å². The van der Waals surface area contributed by atoms with Crippen molar-refractivity contribution in [3.05, 3.63) is 34.9 Å². The van der Waals surface area contributed by atoms with E-state index in [1.165, 1.54) is 24.3 Å². The van der Waals surface area contributed by atoms with Gasteiger partial charge in [0.05, 0.1) is 12.5 Å². The standard InChI is InChI=1S/C10H8ClF5O/c11-7-3-1-6(2-4-7)8(17)5-9(12,13)10(14,15)16/h1-4,8,17H,5H2. The monoisotopic (exact) mass is 274 g/mol. The molecule has 0 radical (unpaired) electrons. The zero-order chi connectivity index (χ0) is 13.3. The Kier molecular flexibility index (Phi) is 3.99. The fraction of sp³-hybridized carbons (Fsp3) is 0.400. The molecule has 0 amide bonds. The number of aliphatic hydroxyl groups is 1. The third-order valence-electron chi connectivity index (χ3n) is 2.12. The number of hydrogen-bond donors (Lipinski definition) is 1. The van der Waals surface area contributed by atoms with Crippen LogP contribution in [0.25, 0.3) is 0 Å². The van der Waals surface area contributed by atoms with E-state index in [4.69, 9.17) is 11.6 Å². The third-order valence-corrected chi connectivity index (χ3v) is 2.37. The second-order valence-corrected chi connectivity index (χ2v) is 3.91. The first-order valence-electron chi connectivity index (χ1n) is 4.51. The van der Waals surface area contributed by atoms with E-state index in [1.54, 1.807) is 0 Å². The maximum Gasteiger partial charge on any atom is 0.453 e. The molecule has 96 valence electrons. The molecule has 1 unspecified atom stereocenters. The molecule has 0 spiro atoms. The highest BCUT2D eigenvalue weighted by molar-refractivity contribution is 6.30. The molecular formula is C10H8ClF5O. The Morgan fingerprint density at radius 3 is 1.94 bits per heavy atom. The first-order chi connectivity index (χ1) is 7.63. The van der Waals surface area contributed by atoms with Crippen molar-refractivity contribution < 1.29 is 27.1 Å². The summed E-state index contributed by atoms with van der Waals surface area (Å²) in [5.41, 5.74) is -0.0432. The van der Waals surface area contributed by atoms with Crippen molar-refractivity contribution in [2.75, 3.05) is 0 Å². The van der Waals surface area contributed by atoms with E-state index in [9.17, 15) is 27.1 Å². The summed E-state index contributed by atoms with van der Waals surface area (Å²) in [6.45, 7) is 0. The minimum absolute atomic E-state index is 0.0432. The summed E-state index contributed by atoms with van der Waals surface area (Å²) in [5.74, 6) is -4.92. The molecule has 1 aromatic rings. The Hall–Kier alpha value is -0.880. The van der Waals surface area contributed by atoms with Crippen LogP contribution in [0.15, 0.2) is 24.3 Å². The van der Waals surface area contributed by atoms with Gasteiger partial charge in [0.15, 0.2) is 0 Å². The van der Waals surface area contributed by atoms with E-state index in [2.05, 4.69) is 0 Å². The van der Waals surface area contributed by atoms with Crippen LogP contribution in [-0.2, 0) is 0 Å². The maximum absolute atomic E-state index is 12.6. The average Bonchev–Trinajstić information content (AvgIpc) is 2.16. The lowest BCUT2D eigenvalue weighted by Gasteiger charge is -2.22. The topological polar surface area (TPSA) is 20.2 Å². The minimum atomic E-state index is -5.67. The van der Waals surface area contributed by atoms with Crippen LogP contribution in [-0.4, -0.2) is 17.2 Å². The van der Waals surface area contributed by atoms with E-state index in [1.807, 2.05) is 0 Å². The quantitative estimate of drug-likeness (QED) is 0.827. The van der Waals surface area contributed by atoms with Crippen LogP contribution in [0.4, 0.5) is 22.0 Å². The van der Waals surface area contributed by atoms with Crippen molar-refractivity contribution in [2.45, 2.75) is 24.6 Å². The molecule has 1 N–H and O–H groups in total. The summed E-state index contributed by atoms with van der Waals surface area (Å²) in [7, 11) is 0. The average molecular weight is 275 g/mol. The van der Waals surface area contributed by atoms with Gasteiger partial charge in [0.1, 0.15) is 0 Å². The number of halogens is 6. The molecule has 1 atom stereocenters. The highest BCUT2D eigenvalue weighted by Gasteiger charge is 2.58. The number of rotatable bonds is 3. The summed E-state index contributed by atoms with van der Waals surface area (Å²) in [6.07, 6.45) is -9.28. The van der Waals surface area contributed by atoms with Crippen molar-refractivity contribution >= 4 is 11.6 Å². The first-order valence-corrected chi connectivity index (χ1v) is 4.89. The summed E-state index contributed by atoms with van der Waals surface area (Å²) in [6, 6.07) is 4.98. The van der Waals surface area contributed by atoms with E-state index < -0.39 is 24.6 Å². The Balaban J connectivity index is 2.79. The van der Waals surface area contributed by atoms with Crippen molar-refractivity contribution in [3.8, 4) is 0 Å². The van der Waals surface area contributed by atoms with Gasteiger partial charge in [-0.3, -0.25) is 0 Å². The molecule has 0 heterocycles. The second-order valence-electron chi connectivity index (χ2n) is 3.47. The molecule has 1 aromatic carbocycles. The van der Waals surface area contributed by atoms with Crippen LogP contribution in [0.5, 0.6) is 0 Å². The van der Waals surface area contributed by atoms with Crippen LogP contribution >= 0.6 is 11.6 Å². The van der Waals surface area contributed by atoms with E-state index >= 15 is 0 Å². The normalized spacial score (nSPS) is 14.8. The number of benzene rings is 1. The highest BCUT2D eigenvalue weighted by Crippen LogP contribution is 2.41. The fourth-order valence-electron chi connectivity index (χ4n) is 1.16. The maximum atomic E-state index is 12.6. The van der Waals surface area contributed by atoms with Gasteiger partial charge in [-0.2, -0.15) is 22.0 Å². The van der Waals surface area contributed by atoms with Crippen LogP contribution in [0.1, 0.15) is 18.1 Å². The lowest BCUT2D eigenvalue weighted by molar-refractivity contribution is -0.290. The summed E-state index contributed by atoms with van der Waals surface area (Å²) in [5, 5.41) is 9.58. The molecule has 7 heteroatoms. The largest absolute Gasteiger partial charge is 0.453 e. The molecule has 0 aromatic heterocycles. The van der Waals surface area contributed by atoms with E-state index in [0.29, 0.717) is 5.02 Å². The molecule has 0 saturated carbocycles. The molecule has 0 aliphatic rings. The van der Waals surface area contributed by atoms with E-state index in [-0.39, 0.29) is 5.56 Å². The van der Waals surface area contributed by atoms with Gasteiger partial charge in [-0.25, -0.2) is 0 Å². The second kappa shape index (κ2) is 4.78. The Bertz CT molecular complexity index is 373. The summed E-state index contributed by atoms with van der Waals surface area (Å²) >= 11 is 5.51. The predicted octanol–water partition coefficient (Wildman–Crippen LogP) is 3.96. The molecule has 17 heavy (non-hydrogen) atoms. The molecule has 0 aliphatic carbocycles. The van der Waals surface area contributed by atoms with Crippen molar-refractivity contribution in [2.24, 2.45) is 0 Å². The van der Waals surface area contributed by atoms with Gasteiger partial charge in [-0.1, -0.05) is 23.7 Å². The van der Waals surface area contributed by atoms with Gasteiger partial charge in [-0.05, 0) is 17.7 Å². The van der Waals surface area contributed by atoms with Crippen molar-refractivity contribution in [1.29, 1.82) is 0 Å². The van der Waals surface area contributed by atoms with Gasteiger partial charge < -0.3 is 5.11 Å². The SMILES string of the molecule is OC(CC(F)(F)C(F)(F)F)c1ccc(Cl)cc1. The zero-order valence-electron chi connectivity index (χ0n) is 8.31. The Labute approximate surface area is 98.8 Å². The van der Waals surface area contributed by atoms with E-state index in [0.717, 1.165) is 0 Å². The van der Waals surface area contributed by atoms with Crippen LogP contribution in [0.3, 0.4) is 0 Å². The zero-order valence-corrected chi connectivity index (χ0v) is 9.06. The van der Waals surface area contributed by atoms with Crippen LogP contribution < -0.4 is 0 Å². The van der Waals surface area contributed by atoms with Crippen LogP contribution in [0.2, 0.25) is 5.02 Å². The van der Waals surface area contributed by atoms with Crippen LogP contribution in [0, 0.1) is 0 Å². The number of hydrogen-bond acceptors (Lipinski definition) is 1. The summed E-state index contributed by atoms with van der Waals surface area (Å²) in [4.78, 5) is 0. The number of aliphatic hydroxyl groups excluding tert-OH is 1. The third kappa shape index (κ3) is 3.54. The number of alkyl halides is 5. The minimum Gasteiger partial charge on any atom is -0.388 e. The molecule has 0 saturated heterocycles. The first kappa shape index (κ1) is 14.2. The smallest absolute Gasteiger partial charge is 0.388 e. The van der Waals surface area contributed by atoms with Gasteiger partial charge in [0.2, 0.25) is 0 Å². The molecular weight excluding hydrogens is 267 g/mol. The Morgan fingerprint density at radius 2 is 1.53 bits per heavy atom. The molecule has 0 fully saturated rings. The molecule has 1 rings (SSSR count). The molecule has 1 nitrogen and oxygen atoms in total.